The third-order valence-electron chi connectivity index (χ3n) is 3.55. The Hall–Kier alpha value is -2.89. The summed E-state index contributed by atoms with van der Waals surface area (Å²) in [6, 6.07) is 11.4. The van der Waals surface area contributed by atoms with Gasteiger partial charge >= 0.3 is 0 Å². The van der Waals surface area contributed by atoms with Crippen molar-refractivity contribution in [2.24, 2.45) is 0 Å². The number of nitrogens with one attached hydrogen (secondary N) is 1. The number of carboxylic acid groups (broad SMARTS) is 1. The molecule has 1 amide bonds. The Balaban J connectivity index is 2.17. The highest BCUT2D eigenvalue weighted by Crippen LogP contribution is 2.21. The first-order valence-corrected chi connectivity index (χ1v) is 7.99. The van der Waals surface area contributed by atoms with Gasteiger partial charge in [-0.25, -0.2) is 4.39 Å². The van der Waals surface area contributed by atoms with E-state index in [0.717, 1.165) is 6.42 Å². The second-order valence-electron chi connectivity index (χ2n) is 5.50. The van der Waals surface area contributed by atoms with Crippen molar-refractivity contribution in [3.63, 3.8) is 0 Å². The third kappa shape index (κ3) is 5.31. The molecule has 0 bridgehead atoms. The summed E-state index contributed by atoms with van der Waals surface area (Å²) >= 11 is 0. The number of carbonyl (C=O) groups excluding carboxylic acids is 2. The predicted octanol–water partition coefficient (Wildman–Crippen LogP) is 2.23. The molecule has 0 aromatic heterocycles. The molecule has 2 rings (SSSR count). The highest BCUT2D eigenvalue weighted by atomic mass is 19.1. The van der Waals surface area contributed by atoms with E-state index in [-0.39, 0.29) is 5.56 Å². The van der Waals surface area contributed by atoms with Crippen molar-refractivity contribution in [2.45, 2.75) is 25.8 Å². The lowest BCUT2D eigenvalue weighted by molar-refractivity contribution is -0.306. The predicted molar refractivity (Wildman–Crippen MR) is 88.5 cm³/mol. The number of benzene rings is 2. The first-order valence-electron chi connectivity index (χ1n) is 7.99. The Kier molecular flexibility index (Phi) is 6.51. The van der Waals surface area contributed by atoms with Gasteiger partial charge in [0.2, 0.25) is 0 Å². The van der Waals surface area contributed by atoms with E-state index in [1.807, 2.05) is 6.92 Å². The fraction of sp³-hybridized carbons (Fsp3) is 0.263. The number of hydrogen-bond acceptors (Lipinski definition) is 4. The van der Waals surface area contributed by atoms with Crippen LogP contribution in [0.25, 0.3) is 0 Å². The Bertz CT molecular complexity index is 730. The van der Waals surface area contributed by atoms with E-state index in [1.165, 1.54) is 24.3 Å². The van der Waals surface area contributed by atoms with Gasteiger partial charge in [-0.15, -0.1) is 0 Å². The molecular weight excluding hydrogens is 325 g/mol. The van der Waals surface area contributed by atoms with Gasteiger partial charge in [0.1, 0.15) is 11.6 Å². The van der Waals surface area contributed by atoms with Crippen LogP contribution in [0.5, 0.6) is 5.75 Å². The molecule has 5 nitrogen and oxygen atoms in total. The summed E-state index contributed by atoms with van der Waals surface area (Å²) < 4.78 is 19.2. The number of carboxylic acids is 1. The first kappa shape index (κ1) is 18.4. The molecule has 0 aliphatic carbocycles. The maximum atomic E-state index is 13.7. The van der Waals surface area contributed by atoms with Crippen LogP contribution in [0.1, 0.15) is 41.7 Å². The van der Waals surface area contributed by atoms with E-state index in [2.05, 4.69) is 5.32 Å². The van der Waals surface area contributed by atoms with E-state index < -0.39 is 30.2 Å². The lowest BCUT2D eigenvalue weighted by atomic mass is 10.0. The van der Waals surface area contributed by atoms with Crippen molar-refractivity contribution in [1.29, 1.82) is 0 Å². The van der Waals surface area contributed by atoms with Crippen LogP contribution in [0.4, 0.5) is 4.39 Å². The van der Waals surface area contributed by atoms with E-state index in [1.54, 1.807) is 24.3 Å². The molecule has 0 aliphatic heterocycles. The van der Waals surface area contributed by atoms with Crippen LogP contribution in [0, 0.1) is 5.82 Å². The zero-order valence-electron chi connectivity index (χ0n) is 13.8. The fourth-order valence-corrected chi connectivity index (χ4v) is 2.32. The monoisotopic (exact) mass is 344 g/mol. The van der Waals surface area contributed by atoms with Crippen LogP contribution < -0.4 is 15.2 Å². The summed E-state index contributed by atoms with van der Waals surface area (Å²) in [7, 11) is 0. The minimum absolute atomic E-state index is 0.145. The molecule has 2 aromatic carbocycles. The standard InChI is InChI=1S/C19H20FNO4/c1-2-11-25-14-9-7-13(8-10-14)17(12-18(22)23)21-19(24)15-5-3-4-6-16(15)20/h3-10,17H,2,11-12H2,1H3,(H,21,24)(H,22,23)/p-1/t17-/m1/s1. The summed E-state index contributed by atoms with van der Waals surface area (Å²) in [5.41, 5.74) is 0.423. The minimum Gasteiger partial charge on any atom is -0.550 e. The Morgan fingerprint density at radius 1 is 1.16 bits per heavy atom. The van der Waals surface area contributed by atoms with Gasteiger partial charge in [-0.1, -0.05) is 31.2 Å². The summed E-state index contributed by atoms with van der Waals surface area (Å²) in [6.07, 6.45) is 0.448. The number of carbonyl (C=O) groups is 2. The minimum atomic E-state index is -1.31. The number of amides is 1. The molecule has 0 saturated heterocycles. The van der Waals surface area contributed by atoms with Crippen molar-refractivity contribution >= 4 is 11.9 Å². The summed E-state index contributed by atoms with van der Waals surface area (Å²) in [6.45, 7) is 2.56. The maximum Gasteiger partial charge on any atom is 0.254 e. The summed E-state index contributed by atoms with van der Waals surface area (Å²) in [5.74, 6) is -2.02. The number of rotatable bonds is 8. The van der Waals surface area contributed by atoms with Gasteiger partial charge in [-0.05, 0) is 36.2 Å². The second kappa shape index (κ2) is 8.82. The smallest absolute Gasteiger partial charge is 0.254 e. The van der Waals surface area contributed by atoms with Gasteiger partial charge < -0.3 is 20.0 Å². The van der Waals surface area contributed by atoms with Crippen LogP contribution in [0.15, 0.2) is 48.5 Å². The molecule has 132 valence electrons. The second-order valence-corrected chi connectivity index (χ2v) is 5.50. The SMILES string of the molecule is CCCOc1ccc([C@@H](CC(=O)[O-])NC(=O)c2ccccc2F)cc1. The van der Waals surface area contributed by atoms with Crippen LogP contribution in [-0.4, -0.2) is 18.5 Å². The van der Waals surface area contributed by atoms with Crippen molar-refractivity contribution in [2.75, 3.05) is 6.61 Å². The molecule has 6 heteroatoms. The quantitative estimate of drug-likeness (QED) is 0.796. The highest BCUT2D eigenvalue weighted by molar-refractivity contribution is 5.94. The molecule has 0 heterocycles. The first-order chi connectivity index (χ1) is 12.0. The van der Waals surface area contributed by atoms with Crippen molar-refractivity contribution in [3.05, 3.63) is 65.5 Å². The van der Waals surface area contributed by atoms with Crippen molar-refractivity contribution in [1.82, 2.24) is 5.32 Å². The van der Waals surface area contributed by atoms with Gasteiger partial charge in [-0.3, -0.25) is 4.79 Å². The van der Waals surface area contributed by atoms with Crippen molar-refractivity contribution in [3.8, 4) is 5.75 Å². The largest absolute Gasteiger partial charge is 0.550 e. The van der Waals surface area contributed by atoms with Crippen LogP contribution in [0.2, 0.25) is 0 Å². The molecule has 0 spiro atoms. The molecule has 1 atom stereocenters. The number of aliphatic carboxylic acids is 1. The fourth-order valence-electron chi connectivity index (χ4n) is 2.32. The average Bonchev–Trinajstić information content (AvgIpc) is 2.59. The number of halogens is 1. The molecule has 1 N–H and O–H groups in total. The van der Waals surface area contributed by atoms with Crippen LogP contribution >= 0.6 is 0 Å². The normalized spacial score (nSPS) is 11.6. The zero-order valence-corrected chi connectivity index (χ0v) is 13.8. The van der Waals surface area contributed by atoms with E-state index >= 15 is 0 Å². The lowest BCUT2D eigenvalue weighted by Gasteiger charge is -2.20. The van der Waals surface area contributed by atoms with E-state index in [0.29, 0.717) is 17.9 Å². The van der Waals surface area contributed by atoms with Gasteiger partial charge in [-0.2, -0.15) is 0 Å². The van der Waals surface area contributed by atoms with Gasteiger partial charge in [0.05, 0.1) is 18.2 Å². The Morgan fingerprint density at radius 2 is 1.84 bits per heavy atom. The highest BCUT2D eigenvalue weighted by Gasteiger charge is 2.18. The average molecular weight is 344 g/mol. The summed E-state index contributed by atoms with van der Waals surface area (Å²) in [5, 5.41) is 13.6. The zero-order chi connectivity index (χ0) is 18.2. The molecule has 25 heavy (non-hydrogen) atoms. The topological polar surface area (TPSA) is 78.5 Å². The third-order valence-corrected chi connectivity index (χ3v) is 3.55. The molecule has 0 radical (unpaired) electrons. The van der Waals surface area contributed by atoms with E-state index in [4.69, 9.17) is 4.74 Å². The van der Waals surface area contributed by atoms with Crippen molar-refractivity contribution < 1.29 is 23.8 Å². The summed E-state index contributed by atoms with van der Waals surface area (Å²) in [4.78, 5) is 23.3. The Labute approximate surface area is 145 Å². The molecule has 0 unspecified atom stereocenters. The Morgan fingerprint density at radius 3 is 2.44 bits per heavy atom. The lowest BCUT2D eigenvalue weighted by Crippen LogP contribution is -2.34. The molecule has 0 aliphatic rings. The van der Waals surface area contributed by atoms with Crippen LogP contribution in [0.3, 0.4) is 0 Å². The molecule has 0 fully saturated rings. The number of hydrogen-bond donors (Lipinski definition) is 1. The maximum absolute atomic E-state index is 13.7. The molecule has 2 aromatic rings. The van der Waals surface area contributed by atoms with E-state index in [9.17, 15) is 19.1 Å². The van der Waals surface area contributed by atoms with Gasteiger partial charge in [0.15, 0.2) is 0 Å². The van der Waals surface area contributed by atoms with Gasteiger partial charge in [0, 0.05) is 12.4 Å². The van der Waals surface area contributed by atoms with Crippen LogP contribution in [-0.2, 0) is 4.79 Å². The van der Waals surface area contributed by atoms with Gasteiger partial charge in [0.25, 0.3) is 5.91 Å². The molecular formula is C19H19FNO4-. The number of ether oxygens (including phenoxy) is 1. The molecule has 0 saturated carbocycles.